The molecule has 0 amide bonds. The Morgan fingerprint density at radius 1 is 1.53 bits per heavy atom. The van der Waals surface area contributed by atoms with Crippen LogP contribution in [0.25, 0.3) is 10.9 Å². The van der Waals surface area contributed by atoms with E-state index in [1.54, 1.807) is 12.1 Å². The summed E-state index contributed by atoms with van der Waals surface area (Å²) in [7, 11) is 1.53. The zero-order valence-electron chi connectivity index (χ0n) is 7.87. The molecule has 0 radical (unpaired) electrons. The van der Waals surface area contributed by atoms with E-state index in [1.165, 1.54) is 13.3 Å². The number of aromatic nitrogens is 1. The number of ether oxygens (including phenoxy) is 1. The molecule has 1 aromatic carbocycles. The second kappa shape index (κ2) is 3.47. The fourth-order valence-electron chi connectivity index (χ4n) is 1.48. The summed E-state index contributed by atoms with van der Waals surface area (Å²) in [4.78, 5) is 13.7. The minimum absolute atomic E-state index is 0.164. The summed E-state index contributed by atoms with van der Waals surface area (Å²) in [5, 5.41) is 9.78. The van der Waals surface area contributed by atoms with Gasteiger partial charge in [0.2, 0.25) is 0 Å². The number of hydrogen-bond acceptors (Lipinski definition) is 2. The van der Waals surface area contributed by atoms with E-state index in [-0.39, 0.29) is 5.56 Å². The molecular formula is C10H8ClNO3. The number of carboxylic acids is 1. The third-order valence-corrected chi connectivity index (χ3v) is 2.47. The van der Waals surface area contributed by atoms with E-state index in [9.17, 15) is 4.79 Å². The highest BCUT2D eigenvalue weighted by molar-refractivity contribution is 6.36. The number of hydrogen-bond donors (Lipinski definition) is 2. The smallest absolute Gasteiger partial charge is 0.337 e. The number of H-pyrrole nitrogens is 1. The van der Waals surface area contributed by atoms with Crippen molar-refractivity contribution in [3.8, 4) is 5.75 Å². The predicted octanol–water partition coefficient (Wildman–Crippen LogP) is 2.53. The lowest BCUT2D eigenvalue weighted by Gasteiger charge is -2.01. The molecule has 1 aromatic heterocycles. The zero-order valence-corrected chi connectivity index (χ0v) is 8.63. The summed E-state index contributed by atoms with van der Waals surface area (Å²) >= 11 is 5.97. The average Bonchev–Trinajstić information content (AvgIpc) is 2.61. The Morgan fingerprint density at radius 3 is 2.87 bits per heavy atom. The predicted molar refractivity (Wildman–Crippen MR) is 56.8 cm³/mol. The number of carboxylic acid groups (broad SMARTS) is 1. The lowest BCUT2D eigenvalue weighted by atomic mass is 10.1. The monoisotopic (exact) mass is 225 g/mol. The van der Waals surface area contributed by atoms with Gasteiger partial charge in [0, 0.05) is 17.6 Å². The number of benzene rings is 1. The molecule has 78 valence electrons. The molecule has 0 aliphatic heterocycles. The van der Waals surface area contributed by atoms with Gasteiger partial charge in [-0.05, 0) is 6.07 Å². The van der Waals surface area contributed by atoms with Crippen LogP contribution in [0, 0.1) is 0 Å². The van der Waals surface area contributed by atoms with Crippen molar-refractivity contribution >= 4 is 28.5 Å². The van der Waals surface area contributed by atoms with Gasteiger partial charge >= 0.3 is 5.97 Å². The lowest BCUT2D eigenvalue weighted by molar-refractivity contribution is 0.0699. The van der Waals surface area contributed by atoms with Crippen LogP contribution in [0.2, 0.25) is 5.02 Å². The molecule has 0 unspecified atom stereocenters. The Bertz CT molecular complexity index is 533. The highest BCUT2D eigenvalue weighted by Gasteiger charge is 2.14. The summed E-state index contributed by atoms with van der Waals surface area (Å²) in [6.45, 7) is 0. The number of carbonyl (C=O) groups is 1. The third kappa shape index (κ3) is 1.53. The van der Waals surface area contributed by atoms with E-state index < -0.39 is 5.97 Å². The van der Waals surface area contributed by atoms with Gasteiger partial charge in [-0.15, -0.1) is 0 Å². The quantitative estimate of drug-likeness (QED) is 0.826. The molecule has 2 rings (SSSR count). The normalized spacial score (nSPS) is 10.5. The molecule has 0 aliphatic rings. The topological polar surface area (TPSA) is 62.3 Å². The number of aromatic carboxylic acids is 1. The maximum atomic E-state index is 10.9. The summed E-state index contributed by atoms with van der Waals surface area (Å²) in [6.07, 6.45) is 1.42. The van der Waals surface area contributed by atoms with Crippen LogP contribution in [-0.4, -0.2) is 23.2 Å². The van der Waals surface area contributed by atoms with Crippen molar-refractivity contribution in [1.29, 1.82) is 0 Å². The lowest BCUT2D eigenvalue weighted by Crippen LogP contribution is -1.94. The Morgan fingerprint density at radius 2 is 2.27 bits per heavy atom. The van der Waals surface area contributed by atoms with Gasteiger partial charge in [0.25, 0.3) is 0 Å². The van der Waals surface area contributed by atoms with Crippen molar-refractivity contribution < 1.29 is 14.6 Å². The first-order valence-corrected chi connectivity index (χ1v) is 4.59. The van der Waals surface area contributed by atoms with Crippen LogP contribution in [0.3, 0.4) is 0 Å². The number of rotatable bonds is 2. The van der Waals surface area contributed by atoms with E-state index in [2.05, 4.69) is 4.98 Å². The Kier molecular flexibility index (Phi) is 2.28. The fraction of sp³-hybridized carbons (Fsp3) is 0.100. The van der Waals surface area contributed by atoms with Gasteiger partial charge in [-0.3, -0.25) is 0 Å². The molecule has 0 saturated heterocycles. The highest BCUT2D eigenvalue weighted by atomic mass is 35.5. The highest BCUT2D eigenvalue weighted by Crippen LogP contribution is 2.31. The van der Waals surface area contributed by atoms with Crippen molar-refractivity contribution in [2.75, 3.05) is 7.11 Å². The first-order valence-electron chi connectivity index (χ1n) is 4.21. The molecule has 15 heavy (non-hydrogen) atoms. The summed E-state index contributed by atoms with van der Waals surface area (Å²) < 4.78 is 5.02. The van der Waals surface area contributed by atoms with E-state index in [1.807, 2.05) is 0 Å². The maximum Gasteiger partial charge on any atom is 0.337 e. The Hall–Kier alpha value is -1.68. The van der Waals surface area contributed by atoms with Gasteiger partial charge in [0.15, 0.2) is 0 Å². The summed E-state index contributed by atoms with van der Waals surface area (Å²) in [5.41, 5.74) is 0.814. The minimum Gasteiger partial charge on any atom is -0.497 e. The van der Waals surface area contributed by atoms with Gasteiger partial charge in [0.05, 0.1) is 23.2 Å². The van der Waals surface area contributed by atoms with Crippen molar-refractivity contribution in [3.63, 3.8) is 0 Å². The van der Waals surface area contributed by atoms with E-state index in [0.29, 0.717) is 21.7 Å². The van der Waals surface area contributed by atoms with Crippen molar-refractivity contribution in [2.24, 2.45) is 0 Å². The van der Waals surface area contributed by atoms with Crippen molar-refractivity contribution in [1.82, 2.24) is 4.98 Å². The van der Waals surface area contributed by atoms with Crippen molar-refractivity contribution in [2.45, 2.75) is 0 Å². The van der Waals surface area contributed by atoms with Gasteiger partial charge in [-0.2, -0.15) is 0 Å². The fourth-order valence-corrected chi connectivity index (χ4v) is 1.79. The molecule has 0 saturated carbocycles. The number of nitrogens with one attached hydrogen (secondary N) is 1. The third-order valence-electron chi connectivity index (χ3n) is 2.17. The van der Waals surface area contributed by atoms with Crippen LogP contribution >= 0.6 is 11.6 Å². The Labute approximate surface area is 90.4 Å². The zero-order chi connectivity index (χ0) is 11.0. The number of methoxy groups -OCH3 is 1. The maximum absolute atomic E-state index is 10.9. The number of halogens is 1. The first kappa shape index (κ1) is 9.86. The second-order valence-corrected chi connectivity index (χ2v) is 3.45. The average molecular weight is 226 g/mol. The van der Waals surface area contributed by atoms with Crippen molar-refractivity contribution in [3.05, 3.63) is 28.9 Å². The van der Waals surface area contributed by atoms with Crippen LogP contribution in [0.5, 0.6) is 5.75 Å². The largest absolute Gasteiger partial charge is 0.497 e. The number of fused-ring (bicyclic) bond motifs is 1. The first-order chi connectivity index (χ1) is 7.13. The molecule has 2 aromatic rings. The molecule has 2 N–H and O–H groups in total. The second-order valence-electron chi connectivity index (χ2n) is 3.04. The van der Waals surface area contributed by atoms with Gasteiger partial charge in [-0.25, -0.2) is 4.79 Å². The molecular weight excluding hydrogens is 218 g/mol. The van der Waals surface area contributed by atoms with Crippen LogP contribution < -0.4 is 4.74 Å². The van der Waals surface area contributed by atoms with Crippen LogP contribution in [0.15, 0.2) is 18.3 Å². The molecule has 0 atom stereocenters. The van der Waals surface area contributed by atoms with Crippen LogP contribution in [0.1, 0.15) is 10.4 Å². The molecule has 0 aliphatic carbocycles. The van der Waals surface area contributed by atoms with Gasteiger partial charge in [0.1, 0.15) is 5.75 Å². The molecule has 4 nitrogen and oxygen atoms in total. The minimum atomic E-state index is -1.01. The Balaban J connectivity index is 2.77. The van der Waals surface area contributed by atoms with Crippen LogP contribution in [-0.2, 0) is 0 Å². The van der Waals surface area contributed by atoms with Gasteiger partial charge < -0.3 is 14.8 Å². The molecule has 0 bridgehead atoms. The summed E-state index contributed by atoms with van der Waals surface area (Å²) in [5.74, 6) is -0.417. The number of aromatic amines is 1. The van der Waals surface area contributed by atoms with E-state index in [0.717, 1.165) is 0 Å². The van der Waals surface area contributed by atoms with Crippen LogP contribution in [0.4, 0.5) is 0 Å². The SMILES string of the molecule is COc1cc(Cl)c2c(C(=O)O)c[nH]c2c1. The van der Waals surface area contributed by atoms with E-state index in [4.69, 9.17) is 21.4 Å². The molecule has 0 fully saturated rings. The molecule has 5 heteroatoms. The van der Waals surface area contributed by atoms with E-state index >= 15 is 0 Å². The standard InChI is InChI=1S/C10H8ClNO3/c1-15-5-2-7(11)9-6(10(13)14)4-12-8(9)3-5/h2-4,12H,1H3,(H,13,14). The van der Waals surface area contributed by atoms with Gasteiger partial charge in [-0.1, -0.05) is 11.6 Å². The molecule has 0 spiro atoms. The summed E-state index contributed by atoms with van der Waals surface area (Å²) in [6, 6.07) is 3.29. The molecule has 1 heterocycles.